The quantitative estimate of drug-likeness (QED) is 0.859. The highest BCUT2D eigenvalue weighted by Gasteiger charge is 2.32. The number of hydrogen-bond acceptors (Lipinski definition) is 2. The molecule has 21 heavy (non-hydrogen) atoms. The van der Waals surface area contributed by atoms with Gasteiger partial charge < -0.3 is 10.6 Å². The fourth-order valence-corrected chi connectivity index (χ4v) is 2.32. The van der Waals surface area contributed by atoms with Gasteiger partial charge >= 0.3 is 6.18 Å². The van der Waals surface area contributed by atoms with Crippen LogP contribution in [0.5, 0.6) is 0 Å². The molecular weight excluding hydrogens is 277 g/mol. The molecule has 1 rings (SSSR count). The monoisotopic (exact) mass is 302 g/mol. The Morgan fingerprint density at radius 1 is 1.24 bits per heavy atom. The number of alkyl halides is 3. The first-order valence-corrected chi connectivity index (χ1v) is 7.32. The molecule has 0 radical (unpaired) electrons. The second kappa shape index (κ2) is 7.16. The summed E-state index contributed by atoms with van der Waals surface area (Å²) in [7, 11) is 0. The third kappa shape index (κ3) is 5.58. The van der Waals surface area contributed by atoms with Gasteiger partial charge in [0.2, 0.25) is 0 Å². The van der Waals surface area contributed by atoms with E-state index in [-0.39, 0.29) is 12.1 Å². The van der Waals surface area contributed by atoms with Crippen LogP contribution in [0.15, 0.2) is 18.2 Å². The molecule has 0 saturated carbocycles. The molecule has 2 N–H and O–H groups in total. The number of aryl methyl sites for hydroxylation is 1. The molecular formula is C16H25F3N2. The molecule has 0 bridgehead atoms. The average molecular weight is 302 g/mol. The number of anilines is 1. The van der Waals surface area contributed by atoms with E-state index in [2.05, 4.69) is 0 Å². The van der Waals surface area contributed by atoms with Crippen LogP contribution in [0.1, 0.15) is 38.3 Å². The van der Waals surface area contributed by atoms with Gasteiger partial charge in [-0.3, -0.25) is 0 Å². The SMILES string of the molecule is CCC(N)Cc1cc(C)ccc1N(CC(F)(F)F)C(C)C. The van der Waals surface area contributed by atoms with E-state index in [9.17, 15) is 13.2 Å². The van der Waals surface area contributed by atoms with Crippen molar-refractivity contribution in [2.24, 2.45) is 5.73 Å². The minimum absolute atomic E-state index is 0.0366. The lowest BCUT2D eigenvalue weighted by Gasteiger charge is -2.32. The summed E-state index contributed by atoms with van der Waals surface area (Å²) in [6.45, 7) is 6.52. The Labute approximate surface area is 125 Å². The van der Waals surface area contributed by atoms with Gasteiger partial charge in [0.15, 0.2) is 0 Å². The van der Waals surface area contributed by atoms with Gasteiger partial charge in [-0.05, 0) is 45.2 Å². The summed E-state index contributed by atoms with van der Waals surface area (Å²) in [5, 5.41) is 0. The maximum atomic E-state index is 12.8. The molecule has 1 aromatic carbocycles. The van der Waals surface area contributed by atoms with Crippen LogP contribution >= 0.6 is 0 Å². The highest BCUT2D eigenvalue weighted by Crippen LogP contribution is 2.29. The standard InChI is InChI=1S/C16H25F3N2/c1-5-14(20)9-13-8-12(4)6-7-15(13)21(11(2)3)10-16(17,18)19/h6-8,11,14H,5,9-10,20H2,1-4H3. The Morgan fingerprint density at radius 3 is 2.33 bits per heavy atom. The van der Waals surface area contributed by atoms with E-state index in [0.29, 0.717) is 12.1 Å². The minimum atomic E-state index is -4.22. The number of nitrogens with two attached hydrogens (primary N) is 1. The third-order valence-electron chi connectivity index (χ3n) is 3.52. The van der Waals surface area contributed by atoms with Crippen LogP contribution in [0.4, 0.5) is 18.9 Å². The number of hydrogen-bond donors (Lipinski definition) is 1. The number of halogens is 3. The lowest BCUT2D eigenvalue weighted by atomic mass is 9.99. The van der Waals surface area contributed by atoms with Crippen molar-refractivity contribution in [1.82, 2.24) is 0 Å². The molecule has 0 aliphatic carbocycles. The van der Waals surface area contributed by atoms with E-state index in [4.69, 9.17) is 5.73 Å². The average Bonchev–Trinajstić information content (AvgIpc) is 2.35. The lowest BCUT2D eigenvalue weighted by molar-refractivity contribution is -0.120. The molecule has 0 amide bonds. The number of nitrogens with zero attached hydrogens (tertiary/aromatic N) is 1. The third-order valence-corrected chi connectivity index (χ3v) is 3.52. The fourth-order valence-electron chi connectivity index (χ4n) is 2.32. The lowest BCUT2D eigenvalue weighted by Crippen LogP contribution is -2.40. The van der Waals surface area contributed by atoms with Crippen molar-refractivity contribution in [3.05, 3.63) is 29.3 Å². The topological polar surface area (TPSA) is 29.3 Å². The molecule has 1 atom stereocenters. The normalized spacial score (nSPS) is 13.6. The van der Waals surface area contributed by atoms with Crippen molar-refractivity contribution in [3.8, 4) is 0 Å². The van der Waals surface area contributed by atoms with Crippen molar-refractivity contribution >= 4 is 5.69 Å². The predicted octanol–water partition coefficient (Wildman–Crippen LogP) is 4.05. The number of rotatable bonds is 6. The van der Waals surface area contributed by atoms with Crippen molar-refractivity contribution in [2.75, 3.05) is 11.4 Å². The van der Waals surface area contributed by atoms with Crippen LogP contribution < -0.4 is 10.6 Å². The first-order chi connectivity index (χ1) is 9.64. The summed E-state index contributed by atoms with van der Waals surface area (Å²) >= 11 is 0. The Bertz CT molecular complexity index is 455. The Hall–Kier alpha value is -1.23. The zero-order chi connectivity index (χ0) is 16.2. The maximum absolute atomic E-state index is 12.8. The molecule has 120 valence electrons. The molecule has 1 aromatic rings. The van der Waals surface area contributed by atoms with E-state index in [1.54, 1.807) is 19.9 Å². The van der Waals surface area contributed by atoms with Crippen molar-refractivity contribution in [1.29, 1.82) is 0 Å². The number of benzene rings is 1. The zero-order valence-electron chi connectivity index (χ0n) is 13.2. The van der Waals surface area contributed by atoms with Gasteiger partial charge in [0.25, 0.3) is 0 Å². The maximum Gasteiger partial charge on any atom is 0.405 e. The van der Waals surface area contributed by atoms with E-state index in [1.807, 2.05) is 26.0 Å². The van der Waals surface area contributed by atoms with Crippen LogP contribution in [0.3, 0.4) is 0 Å². The Balaban J connectivity index is 3.17. The molecule has 0 aliphatic rings. The van der Waals surface area contributed by atoms with Gasteiger partial charge in [0.05, 0.1) is 0 Å². The molecule has 0 heterocycles. The molecule has 0 aliphatic heterocycles. The summed E-state index contributed by atoms with van der Waals surface area (Å²) < 4.78 is 38.5. The van der Waals surface area contributed by atoms with Gasteiger partial charge in [-0.2, -0.15) is 13.2 Å². The van der Waals surface area contributed by atoms with Crippen LogP contribution in [0.25, 0.3) is 0 Å². The molecule has 2 nitrogen and oxygen atoms in total. The van der Waals surface area contributed by atoms with Crippen LogP contribution in [0.2, 0.25) is 0 Å². The van der Waals surface area contributed by atoms with Crippen LogP contribution in [0, 0.1) is 6.92 Å². The predicted molar refractivity (Wildman–Crippen MR) is 81.7 cm³/mol. The van der Waals surface area contributed by atoms with Gasteiger partial charge in [0, 0.05) is 17.8 Å². The summed E-state index contributed by atoms with van der Waals surface area (Å²) in [5.74, 6) is 0. The summed E-state index contributed by atoms with van der Waals surface area (Å²) in [6.07, 6.45) is -2.83. The van der Waals surface area contributed by atoms with Gasteiger partial charge in [-0.1, -0.05) is 24.6 Å². The van der Waals surface area contributed by atoms with Crippen LogP contribution in [-0.2, 0) is 6.42 Å². The molecule has 0 saturated heterocycles. The molecule has 5 heteroatoms. The fraction of sp³-hybridized carbons (Fsp3) is 0.625. The molecule has 1 unspecified atom stereocenters. The zero-order valence-corrected chi connectivity index (χ0v) is 13.2. The van der Waals surface area contributed by atoms with Crippen LogP contribution in [-0.4, -0.2) is 24.8 Å². The van der Waals surface area contributed by atoms with Crippen molar-refractivity contribution in [2.45, 2.75) is 58.8 Å². The second-order valence-corrected chi connectivity index (χ2v) is 5.84. The van der Waals surface area contributed by atoms with E-state index < -0.39 is 12.7 Å². The van der Waals surface area contributed by atoms with E-state index >= 15 is 0 Å². The van der Waals surface area contributed by atoms with Crippen molar-refractivity contribution < 1.29 is 13.2 Å². The van der Waals surface area contributed by atoms with Gasteiger partial charge in [-0.15, -0.1) is 0 Å². The van der Waals surface area contributed by atoms with E-state index in [1.165, 1.54) is 4.90 Å². The summed E-state index contributed by atoms with van der Waals surface area (Å²) in [5.41, 5.74) is 8.55. The Morgan fingerprint density at radius 2 is 1.86 bits per heavy atom. The Kier molecular flexibility index (Phi) is 6.08. The van der Waals surface area contributed by atoms with Gasteiger partial charge in [0.1, 0.15) is 6.54 Å². The molecule has 0 spiro atoms. The second-order valence-electron chi connectivity index (χ2n) is 5.84. The summed E-state index contributed by atoms with van der Waals surface area (Å²) in [6, 6.07) is 5.30. The highest BCUT2D eigenvalue weighted by molar-refractivity contribution is 5.56. The van der Waals surface area contributed by atoms with E-state index in [0.717, 1.165) is 17.5 Å². The first kappa shape index (κ1) is 17.8. The smallest absolute Gasteiger partial charge is 0.360 e. The summed E-state index contributed by atoms with van der Waals surface area (Å²) in [4.78, 5) is 1.40. The highest BCUT2D eigenvalue weighted by atomic mass is 19.4. The largest absolute Gasteiger partial charge is 0.405 e. The minimum Gasteiger partial charge on any atom is -0.360 e. The van der Waals surface area contributed by atoms with Crippen molar-refractivity contribution in [3.63, 3.8) is 0 Å². The first-order valence-electron chi connectivity index (χ1n) is 7.32. The molecule has 0 fully saturated rings. The van der Waals surface area contributed by atoms with Gasteiger partial charge in [-0.25, -0.2) is 0 Å². The molecule has 0 aromatic heterocycles.